The van der Waals surface area contributed by atoms with E-state index in [0.29, 0.717) is 5.41 Å². The predicted octanol–water partition coefficient (Wildman–Crippen LogP) is 2.95. The van der Waals surface area contributed by atoms with Gasteiger partial charge in [0.15, 0.2) is 0 Å². The highest BCUT2D eigenvalue weighted by atomic mass is 16.5. The van der Waals surface area contributed by atoms with Crippen LogP contribution in [0.4, 0.5) is 11.4 Å². The molecule has 0 saturated heterocycles. The van der Waals surface area contributed by atoms with Gasteiger partial charge in [-0.25, -0.2) is 0 Å². The van der Waals surface area contributed by atoms with Crippen LogP contribution in [0.25, 0.3) is 0 Å². The van der Waals surface area contributed by atoms with E-state index in [9.17, 15) is 0 Å². The van der Waals surface area contributed by atoms with Crippen LogP contribution in [0, 0.1) is 5.41 Å². The second-order valence-corrected chi connectivity index (χ2v) is 4.75. The van der Waals surface area contributed by atoms with Crippen LogP contribution in [-0.4, -0.2) is 20.2 Å². The first kappa shape index (κ1) is 11.1. The van der Waals surface area contributed by atoms with Gasteiger partial charge in [-0.05, 0) is 18.6 Å². The number of anilines is 2. The summed E-state index contributed by atoms with van der Waals surface area (Å²) in [5, 5.41) is 7.00. The summed E-state index contributed by atoms with van der Waals surface area (Å²) in [5.74, 6) is 0.908. The molecule has 0 spiro atoms. The van der Waals surface area contributed by atoms with E-state index in [2.05, 4.69) is 30.5 Å². The molecule has 1 aliphatic rings. The van der Waals surface area contributed by atoms with Crippen LogP contribution in [0.2, 0.25) is 0 Å². The van der Waals surface area contributed by atoms with E-state index in [-0.39, 0.29) is 0 Å². The smallest absolute Gasteiger partial charge is 0.144 e. The minimum atomic E-state index is 0.296. The fourth-order valence-corrected chi connectivity index (χ4v) is 1.95. The highest BCUT2D eigenvalue weighted by molar-refractivity contribution is 5.76. The lowest BCUT2D eigenvalue weighted by molar-refractivity contribution is 0.360. The Kier molecular flexibility index (Phi) is 2.95. The lowest BCUT2D eigenvalue weighted by Gasteiger charge is -2.26. The SMILES string of the molecule is CCC1(C)CNc2cccc(OC)c2NC1. The van der Waals surface area contributed by atoms with Crippen molar-refractivity contribution in [2.24, 2.45) is 5.41 Å². The summed E-state index contributed by atoms with van der Waals surface area (Å²) in [6.45, 7) is 6.50. The third-order valence-electron chi connectivity index (χ3n) is 3.50. The van der Waals surface area contributed by atoms with Crippen LogP contribution in [0.3, 0.4) is 0 Å². The third kappa shape index (κ3) is 1.94. The first-order valence-corrected chi connectivity index (χ1v) is 5.83. The van der Waals surface area contributed by atoms with Gasteiger partial charge in [0.1, 0.15) is 11.4 Å². The van der Waals surface area contributed by atoms with Crippen LogP contribution >= 0.6 is 0 Å². The number of hydrogen-bond acceptors (Lipinski definition) is 3. The first-order valence-electron chi connectivity index (χ1n) is 5.83. The summed E-state index contributed by atoms with van der Waals surface area (Å²) in [5.41, 5.74) is 2.52. The van der Waals surface area contributed by atoms with Crippen molar-refractivity contribution in [3.8, 4) is 5.75 Å². The van der Waals surface area contributed by atoms with Crippen molar-refractivity contribution in [3.63, 3.8) is 0 Å². The highest BCUT2D eigenvalue weighted by Gasteiger charge is 2.26. The number of rotatable bonds is 2. The molecule has 1 aromatic carbocycles. The Hall–Kier alpha value is -1.38. The Labute approximate surface area is 97.2 Å². The van der Waals surface area contributed by atoms with E-state index in [1.165, 1.54) is 0 Å². The minimum Gasteiger partial charge on any atom is -0.495 e. The van der Waals surface area contributed by atoms with Gasteiger partial charge in [0.05, 0.1) is 12.8 Å². The average molecular weight is 220 g/mol. The number of ether oxygens (including phenoxy) is 1. The van der Waals surface area contributed by atoms with Gasteiger partial charge in [-0.2, -0.15) is 0 Å². The summed E-state index contributed by atoms with van der Waals surface area (Å²) < 4.78 is 5.37. The molecule has 16 heavy (non-hydrogen) atoms. The van der Waals surface area contributed by atoms with Gasteiger partial charge in [0.2, 0.25) is 0 Å². The lowest BCUT2D eigenvalue weighted by atomic mass is 9.88. The maximum absolute atomic E-state index is 5.37. The van der Waals surface area contributed by atoms with E-state index in [1.54, 1.807) is 7.11 Å². The molecule has 0 amide bonds. The first-order chi connectivity index (χ1) is 7.68. The van der Waals surface area contributed by atoms with Gasteiger partial charge < -0.3 is 15.4 Å². The molecule has 2 rings (SSSR count). The molecule has 1 aromatic rings. The monoisotopic (exact) mass is 220 g/mol. The number of para-hydroxylation sites is 1. The number of benzene rings is 1. The molecule has 88 valence electrons. The molecule has 1 aliphatic heterocycles. The molecule has 0 fully saturated rings. The zero-order valence-electron chi connectivity index (χ0n) is 10.3. The van der Waals surface area contributed by atoms with Crippen LogP contribution < -0.4 is 15.4 Å². The largest absolute Gasteiger partial charge is 0.495 e. The maximum atomic E-state index is 5.37. The molecular weight excluding hydrogens is 200 g/mol. The summed E-state index contributed by atoms with van der Waals surface area (Å²) in [4.78, 5) is 0. The molecule has 0 aliphatic carbocycles. The summed E-state index contributed by atoms with van der Waals surface area (Å²) in [7, 11) is 1.71. The molecule has 3 nitrogen and oxygen atoms in total. The Bertz CT molecular complexity index is 378. The summed E-state index contributed by atoms with van der Waals surface area (Å²) >= 11 is 0. The van der Waals surface area contributed by atoms with E-state index < -0.39 is 0 Å². The molecule has 0 bridgehead atoms. The van der Waals surface area contributed by atoms with Crippen molar-refractivity contribution >= 4 is 11.4 Å². The molecule has 1 heterocycles. The van der Waals surface area contributed by atoms with Gasteiger partial charge in [-0.1, -0.05) is 19.9 Å². The Balaban J connectivity index is 2.30. The molecule has 1 atom stereocenters. The fraction of sp³-hybridized carbons (Fsp3) is 0.538. The van der Waals surface area contributed by atoms with Crippen LogP contribution in [0.15, 0.2) is 18.2 Å². The van der Waals surface area contributed by atoms with Crippen molar-refractivity contribution in [3.05, 3.63) is 18.2 Å². The van der Waals surface area contributed by atoms with Crippen molar-refractivity contribution in [2.45, 2.75) is 20.3 Å². The standard InChI is InChI=1S/C13H20N2O/c1-4-13(2)8-14-10-6-5-7-11(16-3)12(10)15-9-13/h5-7,14-15H,4,8-9H2,1-3H3. The summed E-state index contributed by atoms with van der Waals surface area (Å²) in [6, 6.07) is 6.09. The Morgan fingerprint density at radius 3 is 2.75 bits per heavy atom. The molecule has 1 unspecified atom stereocenters. The van der Waals surface area contributed by atoms with Crippen molar-refractivity contribution in [2.75, 3.05) is 30.8 Å². The van der Waals surface area contributed by atoms with Gasteiger partial charge in [0.25, 0.3) is 0 Å². The number of hydrogen-bond donors (Lipinski definition) is 2. The number of methoxy groups -OCH3 is 1. The topological polar surface area (TPSA) is 33.3 Å². The molecular formula is C13H20N2O. The lowest BCUT2D eigenvalue weighted by Crippen LogP contribution is -2.30. The van der Waals surface area contributed by atoms with Crippen molar-refractivity contribution in [1.29, 1.82) is 0 Å². The fourth-order valence-electron chi connectivity index (χ4n) is 1.95. The highest BCUT2D eigenvalue weighted by Crippen LogP contribution is 2.37. The number of fused-ring (bicyclic) bond motifs is 1. The Morgan fingerprint density at radius 2 is 2.06 bits per heavy atom. The molecule has 0 radical (unpaired) electrons. The Morgan fingerprint density at radius 1 is 1.31 bits per heavy atom. The van der Waals surface area contributed by atoms with Crippen LogP contribution in [0.5, 0.6) is 5.75 Å². The average Bonchev–Trinajstić information content (AvgIpc) is 2.50. The molecule has 0 aromatic heterocycles. The molecule has 2 N–H and O–H groups in total. The zero-order chi connectivity index (χ0) is 11.6. The minimum absolute atomic E-state index is 0.296. The van der Waals surface area contributed by atoms with Gasteiger partial charge in [0, 0.05) is 18.5 Å². The van der Waals surface area contributed by atoms with E-state index in [4.69, 9.17) is 4.74 Å². The second kappa shape index (κ2) is 4.24. The summed E-state index contributed by atoms with van der Waals surface area (Å²) in [6.07, 6.45) is 1.16. The van der Waals surface area contributed by atoms with Crippen molar-refractivity contribution in [1.82, 2.24) is 0 Å². The van der Waals surface area contributed by atoms with E-state index >= 15 is 0 Å². The van der Waals surface area contributed by atoms with Gasteiger partial charge >= 0.3 is 0 Å². The zero-order valence-corrected chi connectivity index (χ0v) is 10.3. The molecule has 3 heteroatoms. The van der Waals surface area contributed by atoms with Crippen LogP contribution in [-0.2, 0) is 0 Å². The third-order valence-corrected chi connectivity index (χ3v) is 3.50. The quantitative estimate of drug-likeness (QED) is 0.804. The van der Waals surface area contributed by atoms with Gasteiger partial charge in [-0.3, -0.25) is 0 Å². The van der Waals surface area contributed by atoms with E-state index in [1.807, 2.05) is 12.1 Å². The second-order valence-electron chi connectivity index (χ2n) is 4.75. The molecule has 0 saturated carbocycles. The van der Waals surface area contributed by atoms with Crippen LogP contribution in [0.1, 0.15) is 20.3 Å². The number of nitrogens with one attached hydrogen (secondary N) is 2. The maximum Gasteiger partial charge on any atom is 0.144 e. The van der Waals surface area contributed by atoms with E-state index in [0.717, 1.165) is 36.6 Å². The predicted molar refractivity (Wildman–Crippen MR) is 68.4 cm³/mol. The normalized spacial score (nSPS) is 23.7. The van der Waals surface area contributed by atoms with Crippen molar-refractivity contribution < 1.29 is 4.74 Å². The van der Waals surface area contributed by atoms with Gasteiger partial charge in [-0.15, -0.1) is 0 Å².